The van der Waals surface area contributed by atoms with Crippen molar-refractivity contribution in [3.05, 3.63) is 18.5 Å². The second-order valence-corrected chi connectivity index (χ2v) is 2.46. The molecule has 0 unspecified atom stereocenters. The smallest absolute Gasteiger partial charge is 0.123 e. The van der Waals surface area contributed by atoms with Gasteiger partial charge in [0.05, 0.1) is 6.20 Å². The molecule has 0 amide bonds. The summed E-state index contributed by atoms with van der Waals surface area (Å²) in [7, 11) is 0. The van der Waals surface area contributed by atoms with Gasteiger partial charge in [0.2, 0.25) is 0 Å². The van der Waals surface area contributed by atoms with E-state index in [2.05, 4.69) is 16.6 Å². The van der Waals surface area contributed by atoms with Crippen LogP contribution in [-0.4, -0.2) is 11.0 Å². The van der Waals surface area contributed by atoms with Gasteiger partial charge in [-0.1, -0.05) is 24.9 Å². The van der Waals surface area contributed by atoms with Crippen LogP contribution in [0.1, 0.15) is 26.2 Å². The molecule has 0 bridgehead atoms. The Kier molecular flexibility index (Phi) is 9.07. The van der Waals surface area contributed by atoms with Crippen LogP contribution >= 0.6 is 11.6 Å². The SMILES string of the molecule is CCCCCCl.c1cnoc1. The Morgan fingerprint density at radius 1 is 1.45 bits per heavy atom. The molecule has 0 radical (unpaired) electrons. The molecule has 11 heavy (non-hydrogen) atoms. The molecule has 0 aliphatic rings. The maximum Gasteiger partial charge on any atom is 0.123 e. The highest BCUT2D eigenvalue weighted by molar-refractivity contribution is 6.17. The Hall–Kier alpha value is -0.500. The second kappa shape index (κ2) is 9.50. The van der Waals surface area contributed by atoms with Crippen molar-refractivity contribution in [3.63, 3.8) is 0 Å². The van der Waals surface area contributed by atoms with E-state index in [4.69, 9.17) is 11.6 Å². The molecule has 0 atom stereocenters. The fraction of sp³-hybridized carbons (Fsp3) is 0.625. The largest absolute Gasteiger partial charge is 0.365 e. The molecule has 0 aliphatic carbocycles. The summed E-state index contributed by atoms with van der Waals surface area (Å²) in [5, 5.41) is 3.35. The third-order valence-electron chi connectivity index (χ3n) is 1.08. The minimum absolute atomic E-state index is 0.827. The van der Waals surface area contributed by atoms with Gasteiger partial charge < -0.3 is 4.52 Å². The molecule has 0 spiro atoms. The monoisotopic (exact) mass is 175 g/mol. The minimum atomic E-state index is 0.827. The number of aromatic nitrogens is 1. The zero-order valence-corrected chi connectivity index (χ0v) is 7.55. The van der Waals surface area contributed by atoms with Gasteiger partial charge in [-0.15, -0.1) is 11.6 Å². The van der Waals surface area contributed by atoms with Gasteiger partial charge in [0.25, 0.3) is 0 Å². The molecule has 0 aliphatic heterocycles. The second-order valence-electron chi connectivity index (χ2n) is 2.08. The lowest BCUT2D eigenvalue weighted by Gasteiger charge is -1.84. The highest BCUT2D eigenvalue weighted by atomic mass is 35.5. The first-order valence-corrected chi connectivity index (χ1v) is 4.35. The van der Waals surface area contributed by atoms with Crippen molar-refractivity contribution in [2.24, 2.45) is 0 Å². The van der Waals surface area contributed by atoms with Gasteiger partial charge in [-0.3, -0.25) is 0 Å². The van der Waals surface area contributed by atoms with Crippen LogP contribution in [0, 0.1) is 0 Å². The van der Waals surface area contributed by atoms with Gasteiger partial charge in [0.15, 0.2) is 0 Å². The highest BCUT2D eigenvalue weighted by Gasteiger charge is 1.76. The Morgan fingerprint density at radius 2 is 2.27 bits per heavy atom. The normalized spacial score (nSPS) is 8.55. The predicted octanol–water partition coefficient (Wildman–Crippen LogP) is 3.09. The van der Waals surface area contributed by atoms with Crippen LogP contribution in [0.3, 0.4) is 0 Å². The maximum absolute atomic E-state index is 5.38. The molecule has 0 saturated carbocycles. The molecule has 1 heterocycles. The van der Waals surface area contributed by atoms with Crippen LogP contribution in [0.2, 0.25) is 0 Å². The van der Waals surface area contributed by atoms with E-state index < -0.39 is 0 Å². The number of hydrogen-bond donors (Lipinski definition) is 0. The number of nitrogens with zero attached hydrogens (tertiary/aromatic N) is 1. The van der Waals surface area contributed by atoms with E-state index in [0.29, 0.717) is 0 Å². The van der Waals surface area contributed by atoms with Crippen molar-refractivity contribution in [2.45, 2.75) is 26.2 Å². The summed E-state index contributed by atoms with van der Waals surface area (Å²) in [6.45, 7) is 2.17. The van der Waals surface area contributed by atoms with Crippen molar-refractivity contribution in [3.8, 4) is 0 Å². The van der Waals surface area contributed by atoms with Crippen molar-refractivity contribution in [2.75, 3.05) is 5.88 Å². The average Bonchev–Trinajstić information content (AvgIpc) is 2.57. The molecular formula is C8H14ClNO. The summed E-state index contributed by atoms with van der Waals surface area (Å²) in [4.78, 5) is 0. The van der Waals surface area contributed by atoms with Crippen LogP contribution in [0.5, 0.6) is 0 Å². The van der Waals surface area contributed by atoms with Crippen LogP contribution in [0.15, 0.2) is 23.0 Å². The third-order valence-corrected chi connectivity index (χ3v) is 1.35. The Labute approximate surface area is 72.5 Å². The maximum atomic E-state index is 5.38. The molecule has 0 N–H and O–H groups in total. The van der Waals surface area contributed by atoms with E-state index in [1.807, 2.05) is 0 Å². The third kappa shape index (κ3) is 9.50. The molecule has 0 saturated heterocycles. The number of hydrogen-bond acceptors (Lipinski definition) is 2. The van der Waals surface area contributed by atoms with Gasteiger partial charge >= 0.3 is 0 Å². The lowest BCUT2D eigenvalue weighted by Crippen LogP contribution is -1.70. The molecule has 64 valence electrons. The van der Waals surface area contributed by atoms with Crippen molar-refractivity contribution < 1.29 is 4.52 Å². The Bertz CT molecular complexity index is 109. The van der Waals surface area contributed by atoms with Crippen molar-refractivity contribution in [1.29, 1.82) is 0 Å². The first-order chi connectivity index (χ1) is 5.41. The van der Waals surface area contributed by atoms with Gasteiger partial charge in [0, 0.05) is 5.88 Å². The van der Waals surface area contributed by atoms with Crippen molar-refractivity contribution in [1.82, 2.24) is 5.16 Å². The summed E-state index contributed by atoms with van der Waals surface area (Å²) < 4.78 is 4.33. The van der Waals surface area contributed by atoms with Crippen LogP contribution in [-0.2, 0) is 0 Å². The van der Waals surface area contributed by atoms with Crippen molar-refractivity contribution >= 4 is 11.6 Å². The van der Waals surface area contributed by atoms with E-state index in [0.717, 1.165) is 5.88 Å². The molecule has 0 fully saturated rings. The summed E-state index contributed by atoms with van der Waals surface area (Å²) in [6.07, 6.45) is 6.83. The average molecular weight is 176 g/mol. The quantitative estimate of drug-likeness (QED) is 0.521. The zero-order chi connectivity index (χ0) is 8.36. The topological polar surface area (TPSA) is 26.0 Å². The van der Waals surface area contributed by atoms with E-state index in [1.54, 1.807) is 12.3 Å². The van der Waals surface area contributed by atoms with E-state index >= 15 is 0 Å². The van der Waals surface area contributed by atoms with Crippen LogP contribution in [0.4, 0.5) is 0 Å². The summed E-state index contributed by atoms with van der Waals surface area (Å²) in [6, 6.07) is 1.72. The molecule has 1 aromatic heterocycles. The fourth-order valence-electron chi connectivity index (χ4n) is 0.520. The molecule has 0 aromatic carbocycles. The zero-order valence-electron chi connectivity index (χ0n) is 6.79. The highest BCUT2D eigenvalue weighted by Crippen LogP contribution is 1.93. The van der Waals surface area contributed by atoms with Crippen LogP contribution < -0.4 is 0 Å². The Balaban J connectivity index is 0.000000183. The summed E-state index contributed by atoms with van der Waals surface area (Å²) in [5.41, 5.74) is 0. The molecule has 1 aromatic rings. The van der Waals surface area contributed by atoms with Gasteiger partial charge in [0.1, 0.15) is 6.26 Å². The van der Waals surface area contributed by atoms with Gasteiger partial charge in [-0.05, 0) is 12.5 Å². The number of rotatable bonds is 3. The fourth-order valence-corrected chi connectivity index (χ4v) is 0.709. The predicted molar refractivity (Wildman–Crippen MR) is 46.7 cm³/mol. The number of unbranched alkanes of at least 4 members (excludes halogenated alkanes) is 2. The number of halogens is 1. The van der Waals surface area contributed by atoms with Gasteiger partial charge in [-0.25, -0.2) is 0 Å². The molecule has 3 heteroatoms. The first kappa shape index (κ1) is 10.5. The molecule has 1 rings (SSSR count). The van der Waals surface area contributed by atoms with E-state index in [9.17, 15) is 0 Å². The lowest BCUT2D eigenvalue weighted by molar-refractivity contribution is 0.420. The van der Waals surface area contributed by atoms with E-state index in [1.165, 1.54) is 25.5 Å². The minimum Gasteiger partial charge on any atom is -0.365 e. The molecule has 2 nitrogen and oxygen atoms in total. The summed E-state index contributed by atoms with van der Waals surface area (Å²) in [5.74, 6) is 0.827. The molecular weight excluding hydrogens is 162 g/mol. The lowest BCUT2D eigenvalue weighted by atomic mass is 10.3. The number of alkyl halides is 1. The standard InChI is InChI=1S/C5H11Cl.C3H3NO/c1-2-3-4-5-6;1-2-4-5-3-1/h2-5H2,1H3;1-3H. The Morgan fingerprint density at radius 3 is 2.45 bits per heavy atom. The van der Waals surface area contributed by atoms with Crippen LogP contribution in [0.25, 0.3) is 0 Å². The summed E-state index contributed by atoms with van der Waals surface area (Å²) >= 11 is 5.38. The van der Waals surface area contributed by atoms with Gasteiger partial charge in [-0.2, -0.15) is 0 Å². The van der Waals surface area contributed by atoms with E-state index in [-0.39, 0.29) is 0 Å². The first-order valence-electron chi connectivity index (χ1n) is 3.82.